The molecule has 0 radical (unpaired) electrons. The highest BCUT2D eigenvalue weighted by molar-refractivity contribution is 7.93. The highest BCUT2D eigenvalue weighted by atomic mass is 32.2. The minimum Gasteiger partial charge on any atom is -0.255 e. The van der Waals surface area contributed by atoms with E-state index in [1.54, 1.807) is 5.38 Å². The van der Waals surface area contributed by atoms with E-state index in [2.05, 4.69) is 9.71 Å². The Morgan fingerprint density at radius 1 is 1.27 bits per heavy atom. The van der Waals surface area contributed by atoms with Crippen LogP contribution in [0.25, 0.3) is 0 Å². The van der Waals surface area contributed by atoms with Gasteiger partial charge in [0.25, 0.3) is 10.0 Å². The molecule has 0 spiro atoms. The molecule has 22 heavy (non-hydrogen) atoms. The van der Waals surface area contributed by atoms with Crippen LogP contribution >= 0.6 is 11.3 Å². The van der Waals surface area contributed by atoms with Gasteiger partial charge in [0.15, 0.2) is 5.13 Å². The van der Waals surface area contributed by atoms with Crippen molar-refractivity contribution in [2.45, 2.75) is 30.8 Å². The molecule has 1 N–H and O–H groups in total. The number of nitrogens with zero attached hydrogens (tertiary/aromatic N) is 1. The molecule has 1 aromatic carbocycles. The fourth-order valence-electron chi connectivity index (χ4n) is 1.61. The lowest BCUT2D eigenvalue weighted by Gasteiger charge is -2.09. The summed E-state index contributed by atoms with van der Waals surface area (Å²) in [4.78, 5) is 3.64. The van der Waals surface area contributed by atoms with Gasteiger partial charge in [-0.3, -0.25) is 4.72 Å². The van der Waals surface area contributed by atoms with Gasteiger partial charge in [-0.15, -0.1) is 11.3 Å². The van der Waals surface area contributed by atoms with Gasteiger partial charge in [-0.2, -0.15) is 13.2 Å². The molecule has 0 saturated carbocycles. The molecular formula is C13H13F3N2O2S2. The standard InChI is InChI=1S/C13H13F3N2O2S2/c1-8(2)11-7-21-12(17-11)18-22(19,20)10-5-3-4-9(6-10)13(14,15)16/h3-8H,1-2H3,(H,17,18). The van der Waals surface area contributed by atoms with E-state index in [1.165, 1.54) is 0 Å². The largest absolute Gasteiger partial charge is 0.416 e. The Kier molecular flexibility index (Phi) is 4.48. The van der Waals surface area contributed by atoms with E-state index in [4.69, 9.17) is 0 Å². The van der Waals surface area contributed by atoms with Crippen LogP contribution in [0.15, 0.2) is 34.5 Å². The molecule has 9 heteroatoms. The van der Waals surface area contributed by atoms with Gasteiger partial charge < -0.3 is 0 Å². The van der Waals surface area contributed by atoms with Crippen LogP contribution in [0.3, 0.4) is 0 Å². The number of aromatic nitrogens is 1. The second-order valence-electron chi connectivity index (χ2n) is 4.86. The highest BCUT2D eigenvalue weighted by Crippen LogP contribution is 2.31. The molecular weight excluding hydrogens is 337 g/mol. The van der Waals surface area contributed by atoms with Gasteiger partial charge in [0, 0.05) is 5.38 Å². The van der Waals surface area contributed by atoms with Gasteiger partial charge in [0.05, 0.1) is 16.2 Å². The van der Waals surface area contributed by atoms with Crippen LogP contribution in [0.2, 0.25) is 0 Å². The zero-order valence-corrected chi connectivity index (χ0v) is 13.3. The zero-order chi connectivity index (χ0) is 16.5. The Labute approximate surface area is 130 Å². The van der Waals surface area contributed by atoms with E-state index < -0.39 is 26.7 Å². The van der Waals surface area contributed by atoms with Gasteiger partial charge in [0.1, 0.15) is 0 Å². The van der Waals surface area contributed by atoms with Crippen molar-refractivity contribution >= 4 is 26.5 Å². The van der Waals surface area contributed by atoms with Crippen molar-refractivity contribution in [1.82, 2.24) is 4.98 Å². The third kappa shape index (κ3) is 3.77. The molecule has 4 nitrogen and oxygen atoms in total. The predicted octanol–water partition coefficient (Wildman–Crippen LogP) is 4.09. The molecule has 0 aliphatic rings. The summed E-state index contributed by atoms with van der Waals surface area (Å²) < 4.78 is 64.4. The Morgan fingerprint density at radius 3 is 2.50 bits per heavy atom. The minimum absolute atomic E-state index is 0.126. The molecule has 0 amide bonds. The van der Waals surface area contributed by atoms with Crippen LogP contribution in [0.1, 0.15) is 31.0 Å². The molecule has 0 atom stereocenters. The molecule has 1 aromatic heterocycles. The summed E-state index contributed by atoms with van der Waals surface area (Å²) in [6.45, 7) is 3.81. The number of anilines is 1. The number of rotatable bonds is 4. The third-order valence-electron chi connectivity index (χ3n) is 2.81. The first kappa shape index (κ1) is 16.8. The van der Waals surface area contributed by atoms with Crippen LogP contribution in [-0.4, -0.2) is 13.4 Å². The molecule has 0 aliphatic heterocycles. The van der Waals surface area contributed by atoms with Crippen LogP contribution in [0, 0.1) is 0 Å². The first-order valence-corrected chi connectivity index (χ1v) is 8.61. The van der Waals surface area contributed by atoms with E-state index >= 15 is 0 Å². The van der Waals surface area contributed by atoms with E-state index in [0.717, 1.165) is 29.5 Å². The molecule has 0 saturated heterocycles. The Morgan fingerprint density at radius 2 is 1.95 bits per heavy atom. The average molecular weight is 350 g/mol. The molecule has 0 aliphatic carbocycles. The van der Waals surface area contributed by atoms with Crippen molar-refractivity contribution in [3.8, 4) is 0 Å². The summed E-state index contributed by atoms with van der Waals surface area (Å²) in [5.41, 5.74) is -0.302. The van der Waals surface area contributed by atoms with E-state index in [-0.39, 0.29) is 11.0 Å². The van der Waals surface area contributed by atoms with Crippen molar-refractivity contribution in [2.24, 2.45) is 0 Å². The molecule has 0 bridgehead atoms. The lowest BCUT2D eigenvalue weighted by atomic mass is 10.2. The zero-order valence-electron chi connectivity index (χ0n) is 11.7. The fourth-order valence-corrected chi connectivity index (χ4v) is 3.78. The Bertz CT molecular complexity index is 768. The number of sulfonamides is 1. The summed E-state index contributed by atoms with van der Waals surface area (Å²) in [5.74, 6) is 0.128. The molecule has 0 fully saturated rings. The number of thiazole rings is 1. The van der Waals surface area contributed by atoms with E-state index in [1.807, 2.05) is 13.8 Å². The quantitative estimate of drug-likeness (QED) is 0.904. The summed E-state index contributed by atoms with van der Waals surface area (Å²) in [6, 6.07) is 3.58. The van der Waals surface area contributed by atoms with Crippen LogP contribution in [-0.2, 0) is 16.2 Å². The molecule has 2 rings (SSSR count). The van der Waals surface area contributed by atoms with Gasteiger partial charge in [-0.1, -0.05) is 19.9 Å². The van der Waals surface area contributed by atoms with Crippen molar-refractivity contribution in [3.63, 3.8) is 0 Å². The summed E-state index contributed by atoms with van der Waals surface area (Å²) in [6.07, 6.45) is -4.60. The minimum atomic E-state index is -4.60. The fraction of sp³-hybridized carbons (Fsp3) is 0.308. The first-order valence-electron chi connectivity index (χ1n) is 6.25. The summed E-state index contributed by atoms with van der Waals surface area (Å²) in [5, 5.41) is 1.83. The average Bonchev–Trinajstić information content (AvgIpc) is 2.86. The van der Waals surface area contributed by atoms with Gasteiger partial charge in [-0.05, 0) is 24.1 Å². The number of halogens is 3. The summed E-state index contributed by atoms with van der Waals surface area (Å²) in [7, 11) is -4.11. The lowest BCUT2D eigenvalue weighted by Crippen LogP contribution is -2.14. The number of alkyl halides is 3. The van der Waals surface area contributed by atoms with Gasteiger partial charge in [-0.25, -0.2) is 13.4 Å². The summed E-state index contributed by atoms with van der Waals surface area (Å²) >= 11 is 1.09. The second kappa shape index (κ2) is 5.88. The first-order chi connectivity index (χ1) is 10.1. The maximum atomic E-state index is 12.6. The molecule has 0 unspecified atom stereocenters. The van der Waals surface area contributed by atoms with Gasteiger partial charge >= 0.3 is 6.18 Å². The topological polar surface area (TPSA) is 59.1 Å². The van der Waals surface area contributed by atoms with Crippen LogP contribution in [0.5, 0.6) is 0 Å². The van der Waals surface area contributed by atoms with Crippen molar-refractivity contribution in [1.29, 1.82) is 0 Å². The monoisotopic (exact) mass is 350 g/mol. The smallest absolute Gasteiger partial charge is 0.255 e. The normalized spacial score (nSPS) is 12.6. The maximum absolute atomic E-state index is 12.6. The molecule has 1 heterocycles. The number of hydrogen-bond donors (Lipinski definition) is 1. The molecule has 120 valence electrons. The number of benzene rings is 1. The van der Waals surface area contributed by atoms with Crippen molar-refractivity contribution < 1.29 is 21.6 Å². The number of hydrogen-bond acceptors (Lipinski definition) is 4. The van der Waals surface area contributed by atoms with E-state index in [9.17, 15) is 21.6 Å². The van der Waals surface area contributed by atoms with E-state index in [0.29, 0.717) is 11.8 Å². The Hall–Kier alpha value is -1.61. The predicted molar refractivity (Wildman–Crippen MR) is 78.5 cm³/mol. The van der Waals surface area contributed by atoms with Crippen LogP contribution in [0.4, 0.5) is 18.3 Å². The third-order valence-corrected chi connectivity index (χ3v) is 5.05. The number of nitrogens with one attached hydrogen (secondary N) is 1. The van der Waals surface area contributed by atoms with Crippen molar-refractivity contribution in [2.75, 3.05) is 4.72 Å². The Balaban J connectivity index is 2.30. The highest BCUT2D eigenvalue weighted by Gasteiger charge is 2.31. The van der Waals surface area contributed by atoms with Crippen LogP contribution < -0.4 is 4.72 Å². The second-order valence-corrected chi connectivity index (χ2v) is 7.40. The lowest BCUT2D eigenvalue weighted by molar-refractivity contribution is -0.137. The van der Waals surface area contributed by atoms with Crippen molar-refractivity contribution in [3.05, 3.63) is 40.9 Å². The maximum Gasteiger partial charge on any atom is 0.416 e. The molecule has 2 aromatic rings. The van der Waals surface area contributed by atoms with Gasteiger partial charge in [0.2, 0.25) is 0 Å². The SMILES string of the molecule is CC(C)c1csc(NS(=O)(=O)c2cccc(C(F)(F)F)c2)n1.